The van der Waals surface area contributed by atoms with Gasteiger partial charge in [-0.25, -0.2) is 0 Å². The predicted octanol–water partition coefficient (Wildman–Crippen LogP) is 2.91. The molecule has 108 valence electrons. The first-order valence-electron chi connectivity index (χ1n) is 6.61. The average Bonchev–Trinajstić information content (AvgIpc) is 2.32. The quantitative estimate of drug-likeness (QED) is 0.518. The summed E-state index contributed by atoms with van der Waals surface area (Å²) in [5.41, 5.74) is 9.79. The number of rotatable bonds is 8. The van der Waals surface area contributed by atoms with Gasteiger partial charge in [-0.1, -0.05) is 39.5 Å². The smallest absolute Gasteiger partial charge is 0.217 e. The zero-order valence-corrected chi connectivity index (χ0v) is 12.0. The molecule has 18 heavy (non-hydrogen) atoms. The van der Waals surface area contributed by atoms with Gasteiger partial charge >= 0.3 is 0 Å². The van der Waals surface area contributed by atoms with Crippen LogP contribution in [-0.4, -0.2) is 11.8 Å². The molecule has 0 saturated carbocycles. The molecule has 0 heterocycles. The van der Waals surface area contributed by atoms with Gasteiger partial charge in [0, 0.05) is 12.8 Å². The van der Waals surface area contributed by atoms with Crippen molar-refractivity contribution in [3.63, 3.8) is 0 Å². The average molecular weight is 258 g/mol. The third-order valence-electron chi connectivity index (χ3n) is 2.05. The van der Waals surface area contributed by atoms with Crippen molar-refractivity contribution in [1.82, 2.24) is 0 Å². The number of carbonyl (C=O) groups is 2. The van der Waals surface area contributed by atoms with Crippen LogP contribution in [0.3, 0.4) is 0 Å². The van der Waals surface area contributed by atoms with Crippen molar-refractivity contribution in [3.8, 4) is 0 Å². The zero-order valence-electron chi connectivity index (χ0n) is 12.0. The number of carbonyl (C=O) groups excluding carboxylic acids is 2. The maximum absolute atomic E-state index is 10.1. The highest BCUT2D eigenvalue weighted by Gasteiger charge is 1.91. The molecular formula is C14H30N2O2. The van der Waals surface area contributed by atoms with E-state index in [9.17, 15) is 9.59 Å². The Morgan fingerprint density at radius 1 is 0.778 bits per heavy atom. The normalized spacial score (nSPS) is 8.33. The molecule has 0 fully saturated rings. The summed E-state index contributed by atoms with van der Waals surface area (Å²) in [5.74, 6) is -0.364. The van der Waals surface area contributed by atoms with Crippen molar-refractivity contribution >= 4 is 11.8 Å². The maximum atomic E-state index is 10.1. The van der Waals surface area contributed by atoms with Gasteiger partial charge in [0.1, 0.15) is 0 Å². The topological polar surface area (TPSA) is 86.2 Å². The molecule has 0 rings (SSSR count). The van der Waals surface area contributed by atoms with Gasteiger partial charge in [-0.05, 0) is 12.8 Å². The van der Waals surface area contributed by atoms with Crippen molar-refractivity contribution in [2.45, 2.75) is 65.2 Å². The third kappa shape index (κ3) is 36.5. The summed E-state index contributed by atoms with van der Waals surface area (Å²) in [7, 11) is 0. The van der Waals surface area contributed by atoms with Gasteiger partial charge in [-0.3, -0.25) is 9.59 Å². The van der Waals surface area contributed by atoms with Crippen molar-refractivity contribution in [3.05, 3.63) is 13.2 Å². The molecule has 0 spiro atoms. The molecule has 4 N–H and O–H groups in total. The molecule has 2 amide bonds. The fraction of sp³-hybridized carbons (Fsp3) is 0.714. The van der Waals surface area contributed by atoms with Gasteiger partial charge in [-0.2, -0.15) is 0 Å². The van der Waals surface area contributed by atoms with Crippen LogP contribution in [0, 0.1) is 0 Å². The second kappa shape index (κ2) is 21.0. The highest BCUT2D eigenvalue weighted by Crippen LogP contribution is 1.96. The Bertz CT molecular complexity index is 174. The Labute approximate surface area is 112 Å². The highest BCUT2D eigenvalue weighted by molar-refractivity contribution is 5.73. The summed E-state index contributed by atoms with van der Waals surface area (Å²) >= 11 is 0. The Hall–Kier alpha value is -1.32. The summed E-state index contributed by atoms with van der Waals surface area (Å²) < 4.78 is 0. The lowest BCUT2D eigenvalue weighted by Gasteiger charge is -1.90. The van der Waals surface area contributed by atoms with Crippen LogP contribution in [0.5, 0.6) is 0 Å². The fourth-order valence-electron chi connectivity index (χ4n) is 1.10. The summed E-state index contributed by atoms with van der Waals surface area (Å²) in [4.78, 5) is 20.2. The summed E-state index contributed by atoms with van der Waals surface area (Å²) in [6.07, 6.45) is 7.52. The van der Waals surface area contributed by atoms with Gasteiger partial charge < -0.3 is 11.5 Å². The number of hydrogen-bond acceptors (Lipinski definition) is 2. The molecule has 0 aromatic rings. The van der Waals surface area contributed by atoms with E-state index >= 15 is 0 Å². The van der Waals surface area contributed by atoms with E-state index < -0.39 is 0 Å². The third-order valence-corrected chi connectivity index (χ3v) is 2.05. The number of nitrogens with two attached hydrogens (primary N) is 2. The lowest BCUT2D eigenvalue weighted by atomic mass is 10.2. The minimum atomic E-state index is -0.182. The second-order valence-corrected chi connectivity index (χ2v) is 3.85. The van der Waals surface area contributed by atoms with E-state index in [4.69, 9.17) is 11.5 Å². The van der Waals surface area contributed by atoms with Crippen LogP contribution < -0.4 is 11.5 Å². The van der Waals surface area contributed by atoms with Crippen molar-refractivity contribution < 1.29 is 9.59 Å². The van der Waals surface area contributed by atoms with Gasteiger partial charge in [0.05, 0.1) is 0 Å². The van der Waals surface area contributed by atoms with Crippen LogP contribution in [-0.2, 0) is 9.59 Å². The maximum Gasteiger partial charge on any atom is 0.217 e. The van der Waals surface area contributed by atoms with Gasteiger partial charge in [0.25, 0.3) is 0 Å². The molecule has 0 atom stereocenters. The van der Waals surface area contributed by atoms with E-state index in [0.29, 0.717) is 12.8 Å². The summed E-state index contributed by atoms with van der Waals surface area (Å²) in [5, 5.41) is 0. The first-order valence-corrected chi connectivity index (χ1v) is 6.61. The summed E-state index contributed by atoms with van der Waals surface area (Å²) in [6.45, 7) is 10.2. The minimum Gasteiger partial charge on any atom is -0.370 e. The van der Waals surface area contributed by atoms with E-state index in [-0.39, 0.29) is 11.8 Å². The van der Waals surface area contributed by atoms with Crippen molar-refractivity contribution in [1.29, 1.82) is 0 Å². The molecule has 0 radical (unpaired) electrons. The van der Waals surface area contributed by atoms with Crippen LogP contribution in [0.25, 0.3) is 0 Å². The van der Waals surface area contributed by atoms with Crippen molar-refractivity contribution in [2.75, 3.05) is 0 Å². The largest absolute Gasteiger partial charge is 0.370 e. The van der Waals surface area contributed by atoms with E-state index in [2.05, 4.69) is 27.0 Å². The SMILES string of the molecule is C=C.CCCCCC(N)=O.CCCCCC(N)=O. The zero-order chi connectivity index (χ0) is 14.8. The molecule has 0 aromatic heterocycles. The molecular weight excluding hydrogens is 228 g/mol. The molecule has 0 saturated heterocycles. The van der Waals surface area contributed by atoms with Gasteiger partial charge in [-0.15, -0.1) is 13.2 Å². The lowest BCUT2D eigenvalue weighted by molar-refractivity contribution is -0.119. The molecule has 0 unspecified atom stereocenters. The Morgan fingerprint density at radius 3 is 1.22 bits per heavy atom. The minimum absolute atomic E-state index is 0.182. The van der Waals surface area contributed by atoms with E-state index in [0.717, 1.165) is 38.5 Å². The summed E-state index contributed by atoms with van der Waals surface area (Å²) in [6, 6.07) is 0. The van der Waals surface area contributed by atoms with Crippen LogP contribution in [0.4, 0.5) is 0 Å². The van der Waals surface area contributed by atoms with Crippen LogP contribution >= 0.6 is 0 Å². The first-order chi connectivity index (χ1) is 8.54. The predicted molar refractivity (Wildman–Crippen MR) is 77.9 cm³/mol. The molecule has 0 aromatic carbocycles. The molecule has 0 aliphatic carbocycles. The van der Waals surface area contributed by atoms with E-state index in [1.54, 1.807) is 0 Å². The van der Waals surface area contributed by atoms with Crippen LogP contribution in [0.1, 0.15) is 65.2 Å². The number of amides is 2. The van der Waals surface area contributed by atoms with Crippen molar-refractivity contribution in [2.24, 2.45) is 11.5 Å². The highest BCUT2D eigenvalue weighted by atomic mass is 16.1. The number of unbranched alkanes of at least 4 members (excludes halogenated alkanes) is 4. The van der Waals surface area contributed by atoms with E-state index in [1.165, 1.54) is 0 Å². The second-order valence-electron chi connectivity index (χ2n) is 3.85. The molecule has 4 nitrogen and oxygen atoms in total. The Morgan fingerprint density at radius 2 is 1.06 bits per heavy atom. The fourth-order valence-corrected chi connectivity index (χ4v) is 1.10. The van der Waals surface area contributed by atoms with Crippen LogP contribution in [0.15, 0.2) is 13.2 Å². The van der Waals surface area contributed by atoms with E-state index in [1.807, 2.05) is 0 Å². The standard InChI is InChI=1S/2C6H13NO.C2H4/c2*1-2-3-4-5-6(7)8;1-2/h2*2-5H2,1H3,(H2,7,8);1-2H2. The molecule has 0 bridgehead atoms. The number of hydrogen-bond donors (Lipinski definition) is 2. The monoisotopic (exact) mass is 258 g/mol. The lowest BCUT2D eigenvalue weighted by Crippen LogP contribution is -2.09. The molecule has 0 aliphatic rings. The Kier molecular flexibility index (Phi) is 25.6. The first kappa shape index (κ1) is 21.9. The van der Waals surface area contributed by atoms with Gasteiger partial charge in [0.2, 0.25) is 11.8 Å². The Balaban J connectivity index is -0.000000219. The number of primary amides is 2. The molecule has 0 aliphatic heterocycles. The van der Waals surface area contributed by atoms with Gasteiger partial charge in [0.15, 0.2) is 0 Å². The molecule has 4 heteroatoms. The van der Waals surface area contributed by atoms with Crippen LogP contribution in [0.2, 0.25) is 0 Å².